The van der Waals surface area contributed by atoms with Crippen LogP contribution in [0.2, 0.25) is 0 Å². The van der Waals surface area contributed by atoms with Gasteiger partial charge in [0.15, 0.2) is 6.61 Å². The molecule has 0 aliphatic carbocycles. The number of amides is 3. The van der Waals surface area contributed by atoms with Gasteiger partial charge < -0.3 is 19.6 Å². The van der Waals surface area contributed by atoms with Crippen molar-refractivity contribution in [1.29, 1.82) is 0 Å². The fourth-order valence-corrected chi connectivity index (χ4v) is 2.30. The molecule has 0 atom stereocenters. The summed E-state index contributed by atoms with van der Waals surface area (Å²) in [5, 5.41) is 3.15. The Bertz CT molecular complexity index is 722. The van der Waals surface area contributed by atoms with Gasteiger partial charge in [-0.2, -0.15) is 0 Å². The predicted octanol–water partition coefficient (Wildman–Crippen LogP) is 1.74. The highest BCUT2D eigenvalue weighted by molar-refractivity contribution is 6.01. The second-order valence-corrected chi connectivity index (χ2v) is 7.16. The van der Waals surface area contributed by atoms with Crippen LogP contribution in [0.3, 0.4) is 0 Å². The summed E-state index contributed by atoms with van der Waals surface area (Å²) >= 11 is 0. The van der Waals surface area contributed by atoms with Gasteiger partial charge in [0.2, 0.25) is 0 Å². The lowest BCUT2D eigenvalue weighted by Crippen LogP contribution is -2.33. The summed E-state index contributed by atoms with van der Waals surface area (Å²) in [6.45, 7) is 5.36. The number of rotatable bonds is 7. The molecular weight excluding hydrogens is 368 g/mol. The molecule has 0 unspecified atom stereocenters. The molecule has 0 aromatic heterocycles. The number of benzene rings is 1. The highest BCUT2D eigenvalue weighted by Crippen LogP contribution is 2.14. The van der Waals surface area contributed by atoms with E-state index in [2.05, 4.69) is 5.32 Å². The molecule has 28 heavy (non-hydrogen) atoms. The van der Waals surface area contributed by atoms with Gasteiger partial charge in [-0.25, -0.2) is 9.59 Å². The Morgan fingerprint density at radius 3 is 2.25 bits per heavy atom. The van der Waals surface area contributed by atoms with E-state index in [1.54, 1.807) is 45.0 Å². The summed E-state index contributed by atoms with van der Waals surface area (Å²) in [5.41, 5.74) is 0.416. The van der Waals surface area contributed by atoms with E-state index in [0.29, 0.717) is 23.8 Å². The van der Waals surface area contributed by atoms with Crippen molar-refractivity contribution in [3.8, 4) is 5.75 Å². The molecule has 9 nitrogen and oxygen atoms in total. The average molecular weight is 392 g/mol. The molecule has 1 aliphatic rings. The summed E-state index contributed by atoms with van der Waals surface area (Å²) in [5.74, 6) is -1.49. The maximum Gasteiger partial charge on any atom is 0.407 e. The molecule has 1 aliphatic heterocycles. The number of hydroxylamine groups is 2. The third-order valence-corrected chi connectivity index (χ3v) is 3.56. The van der Waals surface area contributed by atoms with Crippen molar-refractivity contribution in [2.24, 2.45) is 0 Å². The first-order chi connectivity index (χ1) is 13.1. The monoisotopic (exact) mass is 392 g/mol. The van der Waals surface area contributed by atoms with Crippen molar-refractivity contribution < 1.29 is 33.5 Å². The second-order valence-electron chi connectivity index (χ2n) is 7.16. The van der Waals surface area contributed by atoms with Crippen molar-refractivity contribution in [2.75, 3.05) is 13.2 Å². The Kier molecular flexibility index (Phi) is 6.97. The first kappa shape index (κ1) is 21.2. The number of hydrogen-bond donors (Lipinski definition) is 1. The van der Waals surface area contributed by atoms with Crippen LogP contribution in [-0.4, -0.2) is 47.7 Å². The third-order valence-electron chi connectivity index (χ3n) is 3.56. The Balaban J connectivity index is 1.70. The van der Waals surface area contributed by atoms with E-state index in [1.807, 2.05) is 0 Å². The molecule has 0 saturated carbocycles. The van der Waals surface area contributed by atoms with Crippen molar-refractivity contribution in [2.45, 2.75) is 45.6 Å². The minimum Gasteiger partial charge on any atom is -0.482 e. The van der Waals surface area contributed by atoms with Gasteiger partial charge in [-0.05, 0) is 44.9 Å². The third kappa shape index (κ3) is 6.90. The first-order valence-corrected chi connectivity index (χ1v) is 8.89. The zero-order valence-electron chi connectivity index (χ0n) is 16.1. The number of nitrogens with one attached hydrogen (secondary N) is 1. The summed E-state index contributed by atoms with van der Waals surface area (Å²) < 4.78 is 10.4. The number of carbonyl (C=O) groups is 4. The molecule has 2 rings (SSSR count). The van der Waals surface area contributed by atoms with Crippen LogP contribution in [0.25, 0.3) is 0 Å². The van der Waals surface area contributed by atoms with Crippen LogP contribution in [0.15, 0.2) is 24.3 Å². The molecule has 1 saturated heterocycles. The normalized spacial score (nSPS) is 14.0. The quantitative estimate of drug-likeness (QED) is 0.704. The van der Waals surface area contributed by atoms with E-state index in [1.165, 1.54) is 0 Å². The Hall–Kier alpha value is -3.10. The molecule has 1 aromatic carbocycles. The SMILES string of the molecule is CC(C)(C)OC(=O)NCCc1ccc(OCC(=O)ON2C(=O)CCC2=O)cc1. The lowest BCUT2D eigenvalue weighted by atomic mass is 10.1. The predicted molar refractivity (Wildman–Crippen MR) is 97.1 cm³/mol. The second kappa shape index (κ2) is 9.20. The van der Waals surface area contributed by atoms with E-state index < -0.39 is 36.1 Å². The summed E-state index contributed by atoms with van der Waals surface area (Å²) in [6, 6.07) is 6.93. The maximum atomic E-state index is 11.7. The first-order valence-electron chi connectivity index (χ1n) is 8.89. The van der Waals surface area contributed by atoms with E-state index in [-0.39, 0.29) is 12.8 Å². The highest BCUT2D eigenvalue weighted by atomic mass is 16.7. The van der Waals surface area contributed by atoms with Crippen LogP contribution in [0.5, 0.6) is 5.75 Å². The van der Waals surface area contributed by atoms with Gasteiger partial charge in [0, 0.05) is 19.4 Å². The van der Waals surface area contributed by atoms with Crippen molar-refractivity contribution in [1.82, 2.24) is 10.4 Å². The Morgan fingerprint density at radius 1 is 1.07 bits per heavy atom. The van der Waals surface area contributed by atoms with E-state index >= 15 is 0 Å². The molecule has 1 heterocycles. The lowest BCUT2D eigenvalue weighted by molar-refractivity contribution is -0.198. The van der Waals surface area contributed by atoms with Crippen molar-refractivity contribution in [3.63, 3.8) is 0 Å². The molecule has 9 heteroatoms. The van der Waals surface area contributed by atoms with Gasteiger partial charge in [-0.15, -0.1) is 5.06 Å². The fourth-order valence-electron chi connectivity index (χ4n) is 2.30. The average Bonchev–Trinajstić information content (AvgIpc) is 2.91. The molecule has 3 amide bonds. The topological polar surface area (TPSA) is 111 Å². The van der Waals surface area contributed by atoms with Crippen LogP contribution in [0.4, 0.5) is 4.79 Å². The molecule has 0 radical (unpaired) electrons. The molecule has 1 fully saturated rings. The largest absolute Gasteiger partial charge is 0.482 e. The zero-order valence-corrected chi connectivity index (χ0v) is 16.1. The zero-order chi connectivity index (χ0) is 20.7. The molecule has 0 bridgehead atoms. The lowest BCUT2D eigenvalue weighted by Gasteiger charge is -2.19. The van der Waals surface area contributed by atoms with Crippen LogP contribution in [0.1, 0.15) is 39.2 Å². The molecule has 1 aromatic rings. The van der Waals surface area contributed by atoms with Crippen LogP contribution in [-0.2, 0) is 30.4 Å². The maximum absolute atomic E-state index is 11.7. The van der Waals surface area contributed by atoms with Crippen molar-refractivity contribution in [3.05, 3.63) is 29.8 Å². The van der Waals surface area contributed by atoms with Crippen LogP contribution >= 0.6 is 0 Å². The molecule has 0 spiro atoms. The minimum absolute atomic E-state index is 0.0389. The fraction of sp³-hybridized carbons (Fsp3) is 0.474. The Labute approximate surface area is 162 Å². The van der Waals surface area contributed by atoms with E-state index in [9.17, 15) is 19.2 Å². The number of nitrogens with zero attached hydrogens (tertiary/aromatic N) is 1. The van der Waals surface area contributed by atoms with Gasteiger partial charge in [0.05, 0.1) is 0 Å². The number of hydrogen-bond acceptors (Lipinski definition) is 7. The van der Waals surface area contributed by atoms with Gasteiger partial charge in [-0.3, -0.25) is 9.59 Å². The van der Waals surface area contributed by atoms with Crippen LogP contribution < -0.4 is 10.1 Å². The number of carbonyl (C=O) groups excluding carboxylic acids is 4. The van der Waals surface area contributed by atoms with Gasteiger partial charge in [0.1, 0.15) is 11.4 Å². The van der Waals surface area contributed by atoms with E-state index in [4.69, 9.17) is 14.3 Å². The molecular formula is C19H24N2O7. The van der Waals surface area contributed by atoms with Gasteiger partial charge in [-0.1, -0.05) is 12.1 Å². The smallest absolute Gasteiger partial charge is 0.407 e. The van der Waals surface area contributed by atoms with Crippen molar-refractivity contribution >= 4 is 23.9 Å². The summed E-state index contributed by atoms with van der Waals surface area (Å²) in [7, 11) is 0. The number of imide groups is 1. The Morgan fingerprint density at radius 2 is 1.68 bits per heavy atom. The minimum atomic E-state index is -0.839. The standard InChI is InChI=1S/C19H24N2O7/c1-19(2,3)27-18(25)20-11-10-13-4-6-14(7-5-13)26-12-17(24)28-21-15(22)8-9-16(21)23/h4-7H,8-12H2,1-3H3,(H,20,25). The van der Waals surface area contributed by atoms with Gasteiger partial charge >= 0.3 is 12.1 Å². The van der Waals surface area contributed by atoms with Crippen LogP contribution in [0, 0.1) is 0 Å². The number of alkyl carbamates (subject to hydrolysis) is 1. The highest BCUT2D eigenvalue weighted by Gasteiger charge is 2.32. The molecule has 152 valence electrons. The number of ether oxygens (including phenoxy) is 2. The summed E-state index contributed by atoms with van der Waals surface area (Å²) in [6.07, 6.45) is 0.204. The molecule has 1 N–H and O–H groups in total. The summed E-state index contributed by atoms with van der Waals surface area (Å²) in [4.78, 5) is 50.7. The van der Waals surface area contributed by atoms with E-state index in [0.717, 1.165) is 5.56 Å². The van der Waals surface area contributed by atoms with Gasteiger partial charge in [0.25, 0.3) is 11.8 Å².